The van der Waals surface area contributed by atoms with Crippen LogP contribution in [0.3, 0.4) is 0 Å². The predicted molar refractivity (Wildman–Crippen MR) is 103 cm³/mol. The van der Waals surface area contributed by atoms with Crippen LogP contribution < -0.4 is 0 Å². The van der Waals surface area contributed by atoms with Crippen LogP contribution in [0.2, 0.25) is 0 Å². The van der Waals surface area contributed by atoms with Crippen molar-refractivity contribution >= 4 is 5.97 Å². The zero-order chi connectivity index (χ0) is 17.7. The molecular weight excluding hydrogens is 320 g/mol. The van der Waals surface area contributed by atoms with E-state index in [0.717, 1.165) is 31.2 Å². The van der Waals surface area contributed by atoms with Crippen molar-refractivity contribution in [2.24, 2.45) is 0 Å². The molecule has 0 aliphatic heterocycles. The van der Waals surface area contributed by atoms with Gasteiger partial charge in [0.1, 0.15) is 0 Å². The van der Waals surface area contributed by atoms with Gasteiger partial charge in [-0.1, -0.05) is 60.7 Å². The third-order valence-electron chi connectivity index (χ3n) is 6.22. The van der Waals surface area contributed by atoms with Crippen molar-refractivity contribution < 1.29 is 9.90 Å². The first kappa shape index (κ1) is 15.4. The summed E-state index contributed by atoms with van der Waals surface area (Å²) in [5.41, 5.74) is 7.80. The van der Waals surface area contributed by atoms with E-state index < -0.39 is 5.97 Å². The third-order valence-corrected chi connectivity index (χ3v) is 6.22. The molecule has 128 valence electrons. The summed E-state index contributed by atoms with van der Waals surface area (Å²) in [6.45, 7) is 0. The van der Waals surface area contributed by atoms with Crippen LogP contribution in [0, 0.1) is 0 Å². The molecule has 3 aromatic rings. The summed E-state index contributed by atoms with van der Waals surface area (Å²) in [6, 6.07) is 22.8. The van der Waals surface area contributed by atoms with Gasteiger partial charge in [0.15, 0.2) is 0 Å². The van der Waals surface area contributed by atoms with E-state index >= 15 is 0 Å². The molecule has 2 aliphatic rings. The number of benzene rings is 3. The van der Waals surface area contributed by atoms with Crippen LogP contribution in [0.25, 0.3) is 11.1 Å². The van der Waals surface area contributed by atoms with Crippen molar-refractivity contribution in [3.8, 4) is 11.1 Å². The van der Waals surface area contributed by atoms with Gasteiger partial charge in [0.05, 0.1) is 5.56 Å². The average molecular weight is 340 g/mol. The van der Waals surface area contributed by atoms with Gasteiger partial charge < -0.3 is 5.11 Å². The van der Waals surface area contributed by atoms with Crippen LogP contribution in [0.5, 0.6) is 0 Å². The van der Waals surface area contributed by atoms with E-state index in [2.05, 4.69) is 48.5 Å². The molecule has 0 fully saturated rings. The van der Waals surface area contributed by atoms with Gasteiger partial charge in [0.25, 0.3) is 0 Å². The molecule has 0 aromatic heterocycles. The first-order valence-corrected chi connectivity index (χ1v) is 9.24. The Kier molecular flexibility index (Phi) is 3.30. The number of rotatable bonds is 2. The van der Waals surface area contributed by atoms with Gasteiger partial charge in [0, 0.05) is 5.41 Å². The van der Waals surface area contributed by atoms with Crippen LogP contribution >= 0.6 is 0 Å². The van der Waals surface area contributed by atoms with Gasteiger partial charge in [-0.25, -0.2) is 4.79 Å². The van der Waals surface area contributed by atoms with Crippen molar-refractivity contribution in [2.75, 3.05) is 0 Å². The van der Waals surface area contributed by atoms with Crippen LogP contribution in [0.1, 0.15) is 45.5 Å². The summed E-state index contributed by atoms with van der Waals surface area (Å²) < 4.78 is 0. The second kappa shape index (κ2) is 5.57. The van der Waals surface area contributed by atoms with E-state index in [-0.39, 0.29) is 5.41 Å². The summed E-state index contributed by atoms with van der Waals surface area (Å²) in [4.78, 5) is 12.0. The Labute approximate surface area is 153 Å². The molecule has 0 unspecified atom stereocenters. The zero-order valence-corrected chi connectivity index (χ0v) is 14.5. The average Bonchev–Trinajstić information content (AvgIpc) is 3.25. The van der Waals surface area contributed by atoms with E-state index in [9.17, 15) is 9.90 Å². The number of aryl methyl sites for hydroxylation is 2. The molecule has 1 spiro atoms. The maximum absolute atomic E-state index is 12.0. The van der Waals surface area contributed by atoms with Crippen LogP contribution in [-0.4, -0.2) is 11.1 Å². The number of hydrogen-bond acceptors (Lipinski definition) is 1. The standard InChI is InChI=1S/C24H20O2/c25-23(26)20-11-5-9-18-13-15-24(22(18)20)14-12-17-8-4-10-19(21(17)24)16-6-2-1-3-7-16/h1-11H,12-15H2,(H,25,26)/t24-/m1/s1. The van der Waals surface area contributed by atoms with E-state index in [0.29, 0.717) is 5.56 Å². The van der Waals surface area contributed by atoms with Crippen LogP contribution in [0.4, 0.5) is 0 Å². The molecule has 2 heteroatoms. The quantitative estimate of drug-likeness (QED) is 0.693. The molecule has 0 amide bonds. The van der Waals surface area contributed by atoms with Gasteiger partial charge in [-0.2, -0.15) is 0 Å². The fourth-order valence-corrected chi connectivity index (χ4v) is 5.23. The smallest absolute Gasteiger partial charge is 0.336 e. The molecule has 0 heterocycles. The highest BCUT2D eigenvalue weighted by atomic mass is 16.4. The van der Waals surface area contributed by atoms with Gasteiger partial charge in [-0.05, 0) is 65.1 Å². The summed E-state index contributed by atoms with van der Waals surface area (Å²) in [7, 11) is 0. The highest BCUT2D eigenvalue weighted by molar-refractivity contribution is 5.91. The van der Waals surface area contributed by atoms with E-state index in [1.807, 2.05) is 12.1 Å². The van der Waals surface area contributed by atoms with Crippen molar-refractivity contribution in [3.05, 3.63) is 94.5 Å². The molecule has 3 aromatic carbocycles. The predicted octanol–water partition coefficient (Wildman–Crippen LogP) is 5.23. The molecule has 0 radical (unpaired) electrons. The molecule has 2 aliphatic carbocycles. The van der Waals surface area contributed by atoms with E-state index in [1.54, 1.807) is 6.07 Å². The molecule has 2 nitrogen and oxygen atoms in total. The minimum atomic E-state index is -0.811. The molecule has 0 bridgehead atoms. The van der Waals surface area contributed by atoms with E-state index in [4.69, 9.17) is 0 Å². The number of carbonyl (C=O) groups is 1. The Bertz CT molecular complexity index is 1020. The Morgan fingerprint density at radius 2 is 1.42 bits per heavy atom. The minimum absolute atomic E-state index is 0.161. The summed E-state index contributed by atoms with van der Waals surface area (Å²) in [5, 5.41) is 9.83. The number of fused-ring (bicyclic) bond motifs is 4. The molecule has 26 heavy (non-hydrogen) atoms. The van der Waals surface area contributed by atoms with Crippen molar-refractivity contribution in [2.45, 2.75) is 31.1 Å². The third kappa shape index (κ3) is 2.02. The van der Waals surface area contributed by atoms with Crippen LogP contribution in [0.15, 0.2) is 66.7 Å². The summed E-state index contributed by atoms with van der Waals surface area (Å²) >= 11 is 0. The number of hydrogen-bond donors (Lipinski definition) is 1. The highest BCUT2D eigenvalue weighted by Gasteiger charge is 2.47. The SMILES string of the molecule is O=C(O)c1cccc2c1[C@@]1(CC2)CCc2cccc(-c3ccccc3)c21. The highest BCUT2D eigenvalue weighted by Crippen LogP contribution is 2.55. The number of carboxylic acid groups (broad SMARTS) is 1. The molecule has 1 atom stereocenters. The number of carboxylic acids is 1. The Hall–Kier alpha value is -2.87. The van der Waals surface area contributed by atoms with Gasteiger partial charge >= 0.3 is 5.97 Å². The van der Waals surface area contributed by atoms with E-state index in [1.165, 1.54) is 27.8 Å². The monoisotopic (exact) mass is 340 g/mol. The van der Waals surface area contributed by atoms with Crippen LogP contribution in [-0.2, 0) is 18.3 Å². The second-order valence-electron chi connectivity index (χ2n) is 7.43. The minimum Gasteiger partial charge on any atom is -0.478 e. The largest absolute Gasteiger partial charge is 0.478 e. The lowest BCUT2D eigenvalue weighted by Crippen LogP contribution is -2.25. The van der Waals surface area contributed by atoms with Crippen molar-refractivity contribution in [3.63, 3.8) is 0 Å². The molecule has 0 saturated carbocycles. The second-order valence-corrected chi connectivity index (χ2v) is 7.43. The Balaban J connectivity index is 1.81. The van der Waals surface area contributed by atoms with Crippen molar-refractivity contribution in [1.29, 1.82) is 0 Å². The Morgan fingerprint density at radius 3 is 2.12 bits per heavy atom. The first-order valence-electron chi connectivity index (χ1n) is 9.24. The topological polar surface area (TPSA) is 37.3 Å². The summed E-state index contributed by atoms with van der Waals surface area (Å²) in [5.74, 6) is -0.811. The lowest BCUT2D eigenvalue weighted by molar-refractivity contribution is 0.0694. The molecular formula is C24H20O2. The lowest BCUT2D eigenvalue weighted by Gasteiger charge is -2.30. The first-order chi connectivity index (χ1) is 12.7. The molecule has 0 saturated heterocycles. The number of aromatic carboxylic acids is 1. The van der Waals surface area contributed by atoms with Gasteiger partial charge in [0.2, 0.25) is 0 Å². The molecule has 5 rings (SSSR count). The Morgan fingerprint density at radius 1 is 0.769 bits per heavy atom. The van der Waals surface area contributed by atoms with Gasteiger partial charge in [-0.15, -0.1) is 0 Å². The maximum Gasteiger partial charge on any atom is 0.336 e. The van der Waals surface area contributed by atoms with Crippen molar-refractivity contribution in [1.82, 2.24) is 0 Å². The summed E-state index contributed by atoms with van der Waals surface area (Å²) in [6.07, 6.45) is 3.98. The fraction of sp³-hybridized carbons (Fsp3) is 0.208. The fourth-order valence-electron chi connectivity index (χ4n) is 5.23. The zero-order valence-electron chi connectivity index (χ0n) is 14.5. The normalized spacial score (nSPS) is 20.2. The molecule has 1 N–H and O–H groups in total. The maximum atomic E-state index is 12.0. The van der Waals surface area contributed by atoms with Gasteiger partial charge in [-0.3, -0.25) is 0 Å². The lowest BCUT2D eigenvalue weighted by atomic mass is 9.72.